The molecule has 122 valence electrons. The van der Waals surface area contributed by atoms with Gasteiger partial charge in [0.05, 0.1) is 23.3 Å². The summed E-state index contributed by atoms with van der Waals surface area (Å²) in [6.45, 7) is 3.70. The number of carbonyl (C=O) groups is 1. The minimum absolute atomic E-state index is 0.0955. The first-order chi connectivity index (χ1) is 11.7. The van der Waals surface area contributed by atoms with E-state index in [-0.39, 0.29) is 5.91 Å². The van der Waals surface area contributed by atoms with E-state index < -0.39 is 0 Å². The first kappa shape index (κ1) is 14.9. The summed E-state index contributed by atoms with van der Waals surface area (Å²) < 4.78 is 2.28. The highest BCUT2D eigenvalue weighted by Crippen LogP contribution is 2.25. The Bertz CT molecular complexity index is 885. The molecule has 0 saturated heterocycles. The average molecular weight is 320 g/mol. The highest BCUT2D eigenvalue weighted by Gasteiger charge is 2.19. The molecule has 4 rings (SSSR count). The van der Waals surface area contributed by atoms with Crippen molar-refractivity contribution in [1.29, 1.82) is 0 Å². The predicted molar refractivity (Wildman–Crippen MR) is 92.6 cm³/mol. The first-order valence-corrected chi connectivity index (χ1v) is 8.38. The Labute approximate surface area is 140 Å². The molecule has 24 heavy (non-hydrogen) atoms. The van der Waals surface area contributed by atoms with Crippen molar-refractivity contribution in [3.05, 3.63) is 59.7 Å². The van der Waals surface area contributed by atoms with E-state index in [1.54, 1.807) is 6.20 Å². The zero-order valence-electron chi connectivity index (χ0n) is 13.7. The molecule has 0 aliphatic carbocycles. The Kier molecular flexibility index (Phi) is 3.76. The van der Waals surface area contributed by atoms with E-state index in [9.17, 15) is 4.79 Å². The van der Waals surface area contributed by atoms with Gasteiger partial charge in [0.1, 0.15) is 5.82 Å². The summed E-state index contributed by atoms with van der Waals surface area (Å²) >= 11 is 0. The van der Waals surface area contributed by atoms with Crippen LogP contribution in [-0.4, -0.2) is 20.4 Å². The fraction of sp³-hybridized carbons (Fsp3) is 0.316. The Hall–Kier alpha value is -2.69. The maximum Gasteiger partial charge on any atom is 0.251 e. The van der Waals surface area contributed by atoms with Crippen LogP contribution in [0, 0.1) is 5.92 Å². The molecule has 0 saturated carbocycles. The van der Waals surface area contributed by atoms with Gasteiger partial charge in [-0.05, 0) is 42.7 Å². The van der Waals surface area contributed by atoms with E-state index in [2.05, 4.69) is 21.8 Å². The number of aromatic nitrogens is 3. The molecule has 0 unspecified atom stereocenters. The number of aryl methyl sites for hydroxylation is 1. The van der Waals surface area contributed by atoms with Crippen LogP contribution in [-0.2, 0) is 19.5 Å². The summed E-state index contributed by atoms with van der Waals surface area (Å²) in [5, 5.41) is 2.91. The molecule has 3 aromatic rings. The second kappa shape index (κ2) is 6.07. The molecular formula is C19H20N4O. The van der Waals surface area contributed by atoms with Crippen molar-refractivity contribution >= 4 is 16.9 Å². The lowest BCUT2D eigenvalue weighted by Gasteiger charge is -2.19. The van der Waals surface area contributed by atoms with E-state index in [4.69, 9.17) is 4.98 Å². The highest BCUT2D eigenvalue weighted by molar-refractivity contribution is 5.97. The quantitative estimate of drug-likeness (QED) is 0.807. The Morgan fingerprint density at radius 3 is 3.08 bits per heavy atom. The molecule has 0 fully saturated rings. The fourth-order valence-electron chi connectivity index (χ4n) is 3.27. The number of carbonyl (C=O) groups excluding carboxylic acids is 1. The van der Waals surface area contributed by atoms with Crippen molar-refractivity contribution in [3.8, 4) is 0 Å². The van der Waals surface area contributed by atoms with Gasteiger partial charge in [-0.3, -0.25) is 9.78 Å². The number of hydrogen-bond donors (Lipinski definition) is 1. The van der Waals surface area contributed by atoms with Gasteiger partial charge in [-0.1, -0.05) is 13.0 Å². The Morgan fingerprint density at radius 1 is 1.33 bits per heavy atom. The lowest BCUT2D eigenvalue weighted by Crippen LogP contribution is -2.23. The van der Waals surface area contributed by atoms with E-state index >= 15 is 0 Å². The van der Waals surface area contributed by atoms with Gasteiger partial charge in [-0.25, -0.2) is 4.98 Å². The Balaban J connectivity index is 1.55. The molecule has 2 aromatic heterocycles. The zero-order valence-corrected chi connectivity index (χ0v) is 13.7. The number of amides is 1. The number of fused-ring (bicyclic) bond motifs is 3. The van der Waals surface area contributed by atoms with Gasteiger partial charge in [0.15, 0.2) is 0 Å². The average Bonchev–Trinajstić information content (AvgIpc) is 2.97. The topological polar surface area (TPSA) is 59.8 Å². The van der Waals surface area contributed by atoms with Crippen LogP contribution in [0.25, 0.3) is 11.0 Å². The van der Waals surface area contributed by atoms with Crippen molar-refractivity contribution in [2.45, 2.75) is 32.9 Å². The molecule has 1 aliphatic rings. The predicted octanol–water partition coefficient (Wildman–Crippen LogP) is 2.94. The number of pyridine rings is 1. The van der Waals surface area contributed by atoms with Crippen molar-refractivity contribution < 1.29 is 4.79 Å². The van der Waals surface area contributed by atoms with Gasteiger partial charge in [0.2, 0.25) is 0 Å². The molecule has 1 atom stereocenters. The number of hydrogen-bond acceptors (Lipinski definition) is 3. The molecule has 1 aromatic carbocycles. The minimum Gasteiger partial charge on any atom is -0.346 e. The maximum atomic E-state index is 12.4. The van der Waals surface area contributed by atoms with Crippen LogP contribution >= 0.6 is 0 Å². The second-order valence-electron chi connectivity index (χ2n) is 6.48. The summed E-state index contributed by atoms with van der Waals surface area (Å²) in [4.78, 5) is 21.3. The third-order valence-corrected chi connectivity index (χ3v) is 4.62. The number of benzene rings is 1. The molecule has 5 heteroatoms. The number of nitrogens with one attached hydrogen (secondary N) is 1. The summed E-state index contributed by atoms with van der Waals surface area (Å²) in [5.41, 5.74) is 3.52. The molecule has 0 bridgehead atoms. The summed E-state index contributed by atoms with van der Waals surface area (Å²) in [5.74, 6) is 1.71. The van der Waals surface area contributed by atoms with Gasteiger partial charge in [0, 0.05) is 24.7 Å². The zero-order chi connectivity index (χ0) is 16.5. The number of imidazole rings is 1. The number of rotatable bonds is 3. The van der Waals surface area contributed by atoms with Crippen LogP contribution in [0.15, 0.2) is 42.6 Å². The molecule has 1 aliphatic heterocycles. The fourth-order valence-corrected chi connectivity index (χ4v) is 3.27. The van der Waals surface area contributed by atoms with E-state index in [1.165, 1.54) is 6.42 Å². The standard InChI is InChI=1S/C19H20N4O/c1-13-7-9-23-17-6-5-14(11-16(17)22-18(23)10-13)19(24)21-12-15-4-2-3-8-20-15/h2-6,8,11,13H,7,9-10,12H2,1H3,(H,21,24)/t13-/m1/s1. The summed E-state index contributed by atoms with van der Waals surface area (Å²) in [6, 6.07) is 11.4. The van der Waals surface area contributed by atoms with Gasteiger partial charge < -0.3 is 9.88 Å². The van der Waals surface area contributed by atoms with Crippen molar-refractivity contribution in [2.75, 3.05) is 0 Å². The molecule has 1 amide bonds. The Morgan fingerprint density at radius 2 is 2.25 bits per heavy atom. The lowest BCUT2D eigenvalue weighted by atomic mass is 10.0. The summed E-state index contributed by atoms with van der Waals surface area (Å²) in [6.07, 6.45) is 3.92. The van der Waals surface area contributed by atoms with Crippen LogP contribution in [0.2, 0.25) is 0 Å². The van der Waals surface area contributed by atoms with Crippen LogP contribution < -0.4 is 5.32 Å². The van der Waals surface area contributed by atoms with E-state index in [0.29, 0.717) is 18.0 Å². The third kappa shape index (κ3) is 2.77. The van der Waals surface area contributed by atoms with Crippen LogP contribution in [0.3, 0.4) is 0 Å². The molecule has 3 heterocycles. The first-order valence-electron chi connectivity index (χ1n) is 8.38. The molecular weight excluding hydrogens is 300 g/mol. The van der Waals surface area contributed by atoms with Crippen LogP contribution in [0.5, 0.6) is 0 Å². The van der Waals surface area contributed by atoms with Gasteiger partial charge in [-0.2, -0.15) is 0 Å². The van der Waals surface area contributed by atoms with Gasteiger partial charge >= 0.3 is 0 Å². The SMILES string of the molecule is C[C@@H]1CCn2c(nc3cc(C(=O)NCc4ccccn4)ccc32)C1. The van der Waals surface area contributed by atoms with Crippen LogP contribution in [0.1, 0.15) is 35.2 Å². The second-order valence-corrected chi connectivity index (χ2v) is 6.48. The summed E-state index contributed by atoms with van der Waals surface area (Å²) in [7, 11) is 0. The minimum atomic E-state index is -0.0955. The van der Waals surface area contributed by atoms with Crippen molar-refractivity contribution in [3.63, 3.8) is 0 Å². The lowest BCUT2D eigenvalue weighted by molar-refractivity contribution is 0.0950. The van der Waals surface area contributed by atoms with Crippen molar-refractivity contribution in [2.24, 2.45) is 5.92 Å². The third-order valence-electron chi connectivity index (χ3n) is 4.62. The number of nitrogens with zero attached hydrogens (tertiary/aromatic N) is 3. The monoisotopic (exact) mass is 320 g/mol. The van der Waals surface area contributed by atoms with Gasteiger partial charge in [0.25, 0.3) is 5.91 Å². The smallest absolute Gasteiger partial charge is 0.251 e. The normalized spacial score (nSPS) is 16.8. The van der Waals surface area contributed by atoms with E-state index in [1.807, 2.05) is 36.4 Å². The van der Waals surface area contributed by atoms with Crippen molar-refractivity contribution in [1.82, 2.24) is 19.9 Å². The van der Waals surface area contributed by atoms with Crippen LogP contribution in [0.4, 0.5) is 0 Å². The van der Waals surface area contributed by atoms with E-state index in [0.717, 1.165) is 35.5 Å². The molecule has 0 spiro atoms. The molecule has 0 radical (unpaired) electrons. The maximum absolute atomic E-state index is 12.4. The highest BCUT2D eigenvalue weighted by atomic mass is 16.1. The largest absolute Gasteiger partial charge is 0.346 e. The molecule has 5 nitrogen and oxygen atoms in total. The van der Waals surface area contributed by atoms with Gasteiger partial charge in [-0.15, -0.1) is 0 Å². The molecule has 1 N–H and O–H groups in total.